The smallest absolute Gasteiger partial charge is 0.217 e. The monoisotopic (exact) mass is 243 g/mol. The van der Waals surface area contributed by atoms with E-state index in [-0.39, 0.29) is 5.91 Å². The van der Waals surface area contributed by atoms with E-state index in [1.807, 2.05) is 24.3 Å². The van der Waals surface area contributed by atoms with Crippen LogP contribution in [0.5, 0.6) is 0 Å². The Morgan fingerprint density at radius 1 is 1.17 bits per heavy atom. The Morgan fingerprint density at radius 2 is 1.89 bits per heavy atom. The van der Waals surface area contributed by atoms with Crippen LogP contribution in [0.2, 0.25) is 0 Å². The van der Waals surface area contributed by atoms with E-state index in [1.165, 1.54) is 18.9 Å². The molecule has 0 unspecified atom stereocenters. The molecule has 1 N–H and O–H groups in total. The van der Waals surface area contributed by atoms with E-state index in [4.69, 9.17) is 0 Å². The predicted molar refractivity (Wildman–Crippen MR) is 76.3 cm³/mol. The summed E-state index contributed by atoms with van der Waals surface area (Å²) in [5.74, 6) is 0.00601. The van der Waals surface area contributed by atoms with Crippen LogP contribution in [0, 0.1) is 0 Å². The zero-order valence-corrected chi connectivity index (χ0v) is 10.9. The molecule has 0 spiro atoms. The number of rotatable bonds is 7. The molecule has 18 heavy (non-hydrogen) atoms. The van der Waals surface area contributed by atoms with Gasteiger partial charge in [0.2, 0.25) is 5.91 Å². The lowest BCUT2D eigenvalue weighted by Crippen LogP contribution is -2.19. The van der Waals surface area contributed by atoms with E-state index in [1.54, 1.807) is 0 Å². The second kappa shape index (κ2) is 9.23. The molecule has 0 aliphatic heterocycles. The van der Waals surface area contributed by atoms with Gasteiger partial charge in [-0.25, -0.2) is 0 Å². The third kappa shape index (κ3) is 7.44. The molecule has 2 nitrogen and oxygen atoms in total. The number of aryl methyl sites for hydroxylation is 1. The van der Waals surface area contributed by atoms with Crippen LogP contribution in [0.3, 0.4) is 0 Å². The van der Waals surface area contributed by atoms with Crippen molar-refractivity contribution in [1.29, 1.82) is 0 Å². The number of nitrogens with one attached hydrogen (secondary N) is 1. The van der Waals surface area contributed by atoms with Gasteiger partial charge in [0.15, 0.2) is 0 Å². The summed E-state index contributed by atoms with van der Waals surface area (Å²) in [6.45, 7) is 2.12. The van der Waals surface area contributed by atoms with E-state index < -0.39 is 0 Å². The van der Waals surface area contributed by atoms with Crippen molar-refractivity contribution in [2.24, 2.45) is 0 Å². The van der Waals surface area contributed by atoms with E-state index in [9.17, 15) is 4.79 Å². The lowest BCUT2D eigenvalue weighted by molar-refractivity contribution is -0.118. The van der Waals surface area contributed by atoms with E-state index in [0.29, 0.717) is 6.54 Å². The van der Waals surface area contributed by atoms with Crippen LogP contribution in [-0.2, 0) is 11.2 Å². The molecule has 0 heterocycles. The van der Waals surface area contributed by atoms with Gasteiger partial charge in [0.25, 0.3) is 0 Å². The molecule has 0 aliphatic rings. The summed E-state index contributed by atoms with van der Waals surface area (Å²) in [5.41, 5.74) is 1.40. The Bertz CT molecular complexity index is 393. The van der Waals surface area contributed by atoms with Crippen molar-refractivity contribution >= 4 is 5.91 Å². The number of hydrogen-bond donors (Lipinski definition) is 1. The first-order chi connectivity index (χ1) is 8.79. The first kappa shape index (κ1) is 14.2. The Kier molecular flexibility index (Phi) is 7.29. The molecule has 1 amide bonds. The van der Waals surface area contributed by atoms with Crippen molar-refractivity contribution in [2.45, 2.75) is 26.2 Å². The zero-order chi connectivity index (χ0) is 13.1. The van der Waals surface area contributed by atoms with Gasteiger partial charge < -0.3 is 5.32 Å². The van der Waals surface area contributed by atoms with Gasteiger partial charge in [-0.3, -0.25) is 4.79 Å². The van der Waals surface area contributed by atoms with E-state index >= 15 is 0 Å². The Labute approximate surface area is 109 Å². The Morgan fingerprint density at radius 3 is 2.61 bits per heavy atom. The number of benzene rings is 1. The van der Waals surface area contributed by atoms with Gasteiger partial charge in [-0.15, -0.1) is 0 Å². The minimum absolute atomic E-state index is 0.00601. The molecule has 1 rings (SSSR count). The van der Waals surface area contributed by atoms with Crippen molar-refractivity contribution in [2.75, 3.05) is 6.54 Å². The predicted octanol–water partition coefficient (Wildman–Crippen LogP) is 3.26. The first-order valence-corrected chi connectivity index (χ1v) is 6.39. The van der Waals surface area contributed by atoms with Crippen LogP contribution >= 0.6 is 0 Å². The normalized spacial score (nSPS) is 11.2. The fourth-order valence-corrected chi connectivity index (χ4v) is 1.59. The number of amides is 1. The standard InChI is InChI=1S/C16H21NO/c1-15(18)17-14-10-5-3-2-4-7-11-16-12-8-6-9-13-16/h2-3,5-6,8-10,12-13H,4,7,11,14H2,1H3,(H,17,18)/b3-2+,10-5+. The zero-order valence-electron chi connectivity index (χ0n) is 10.9. The van der Waals surface area contributed by atoms with Gasteiger partial charge in [0, 0.05) is 13.5 Å². The quantitative estimate of drug-likeness (QED) is 0.578. The second-order valence-electron chi connectivity index (χ2n) is 4.17. The van der Waals surface area contributed by atoms with Crippen LogP contribution in [0.25, 0.3) is 0 Å². The summed E-state index contributed by atoms with van der Waals surface area (Å²) in [7, 11) is 0. The number of unbranched alkanes of at least 4 members (excludes halogenated alkanes) is 1. The van der Waals surface area contributed by atoms with Crippen LogP contribution in [0.1, 0.15) is 25.3 Å². The highest BCUT2D eigenvalue weighted by Gasteiger charge is 1.89. The molecule has 0 aromatic heterocycles. The highest BCUT2D eigenvalue weighted by Crippen LogP contribution is 2.04. The third-order valence-corrected chi connectivity index (χ3v) is 2.53. The molecule has 96 valence electrons. The topological polar surface area (TPSA) is 29.1 Å². The molecule has 2 heteroatoms. The SMILES string of the molecule is CC(=O)NC/C=C/C=C/CCCc1ccccc1. The Hall–Kier alpha value is -1.83. The minimum atomic E-state index is 0.00601. The number of carbonyl (C=O) groups excluding carboxylic acids is 1. The molecule has 0 radical (unpaired) electrons. The average molecular weight is 243 g/mol. The summed E-state index contributed by atoms with van der Waals surface area (Å²) in [4.78, 5) is 10.6. The van der Waals surface area contributed by atoms with Crippen LogP contribution in [-0.4, -0.2) is 12.5 Å². The third-order valence-electron chi connectivity index (χ3n) is 2.53. The molecular formula is C16H21NO. The molecular weight excluding hydrogens is 222 g/mol. The van der Waals surface area contributed by atoms with E-state index in [2.05, 4.69) is 35.7 Å². The molecule has 0 bridgehead atoms. The summed E-state index contributed by atoms with van der Waals surface area (Å²) in [6, 6.07) is 10.5. The molecule has 1 aromatic rings. The lowest BCUT2D eigenvalue weighted by Gasteiger charge is -1.97. The summed E-state index contributed by atoms with van der Waals surface area (Å²) in [6.07, 6.45) is 11.5. The average Bonchev–Trinajstić information content (AvgIpc) is 2.37. The fraction of sp³-hybridized carbons (Fsp3) is 0.312. The largest absolute Gasteiger partial charge is 0.353 e. The van der Waals surface area contributed by atoms with Gasteiger partial charge in [-0.2, -0.15) is 0 Å². The van der Waals surface area contributed by atoms with Gasteiger partial charge >= 0.3 is 0 Å². The lowest BCUT2D eigenvalue weighted by atomic mass is 10.1. The number of allylic oxidation sites excluding steroid dienone is 3. The van der Waals surface area contributed by atoms with Crippen LogP contribution in [0.15, 0.2) is 54.6 Å². The number of carbonyl (C=O) groups is 1. The van der Waals surface area contributed by atoms with Gasteiger partial charge in [0.05, 0.1) is 0 Å². The van der Waals surface area contributed by atoms with E-state index in [0.717, 1.165) is 12.8 Å². The fourth-order valence-electron chi connectivity index (χ4n) is 1.59. The molecule has 1 aromatic carbocycles. The summed E-state index contributed by atoms with van der Waals surface area (Å²) < 4.78 is 0. The summed E-state index contributed by atoms with van der Waals surface area (Å²) in [5, 5.41) is 2.71. The maximum Gasteiger partial charge on any atom is 0.217 e. The minimum Gasteiger partial charge on any atom is -0.353 e. The molecule has 0 saturated carbocycles. The van der Waals surface area contributed by atoms with Crippen molar-refractivity contribution in [3.8, 4) is 0 Å². The van der Waals surface area contributed by atoms with Gasteiger partial charge in [-0.05, 0) is 24.8 Å². The molecule has 0 saturated heterocycles. The maximum atomic E-state index is 10.6. The van der Waals surface area contributed by atoms with Crippen molar-refractivity contribution in [3.05, 3.63) is 60.2 Å². The van der Waals surface area contributed by atoms with Crippen molar-refractivity contribution < 1.29 is 4.79 Å². The second-order valence-corrected chi connectivity index (χ2v) is 4.17. The molecule has 0 fully saturated rings. The summed E-state index contributed by atoms with van der Waals surface area (Å²) >= 11 is 0. The Balaban J connectivity index is 2.05. The first-order valence-electron chi connectivity index (χ1n) is 6.39. The number of hydrogen-bond acceptors (Lipinski definition) is 1. The molecule has 0 aliphatic carbocycles. The highest BCUT2D eigenvalue weighted by molar-refractivity contribution is 5.72. The van der Waals surface area contributed by atoms with Crippen molar-refractivity contribution in [3.63, 3.8) is 0 Å². The van der Waals surface area contributed by atoms with Gasteiger partial charge in [-0.1, -0.05) is 54.6 Å². The van der Waals surface area contributed by atoms with Gasteiger partial charge in [0.1, 0.15) is 0 Å². The molecule has 0 atom stereocenters. The van der Waals surface area contributed by atoms with Crippen molar-refractivity contribution in [1.82, 2.24) is 5.32 Å². The van der Waals surface area contributed by atoms with Crippen LogP contribution in [0.4, 0.5) is 0 Å². The maximum absolute atomic E-state index is 10.6. The highest BCUT2D eigenvalue weighted by atomic mass is 16.1. The van der Waals surface area contributed by atoms with Crippen LogP contribution < -0.4 is 5.32 Å².